The molecule has 0 spiro atoms. The van der Waals surface area contributed by atoms with Crippen molar-refractivity contribution in [2.24, 2.45) is 30.7 Å². The van der Waals surface area contributed by atoms with Crippen LogP contribution in [-0.2, 0) is 0 Å². The molecule has 40 heavy (non-hydrogen) atoms. The third kappa shape index (κ3) is 6.66. The number of aromatic nitrogens is 1. The first-order valence-corrected chi connectivity index (χ1v) is 13.3. The van der Waals surface area contributed by atoms with Crippen LogP contribution in [0.2, 0.25) is 0 Å². The Morgan fingerprint density at radius 1 is 0.575 bits per heavy atom. The normalized spacial score (nSPS) is 11.8. The Hall–Kier alpha value is -5.11. The summed E-state index contributed by atoms with van der Waals surface area (Å²) in [5.74, 6) is 0. The van der Waals surface area contributed by atoms with Crippen LogP contribution in [0.5, 0.6) is 0 Å². The molecule has 0 saturated carbocycles. The largest absolute Gasteiger partial charge is 0.372 e. The second-order valence-electron chi connectivity index (χ2n) is 9.16. The Balaban J connectivity index is 1.20. The van der Waals surface area contributed by atoms with Gasteiger partial charge in [-0.2, -0.15) is 30.7 Å². The molecule has 0 saturated heterocycles. The van der Waals surface area contributed by atoms with Gasteiger partial charge in [0, 0.05) is 30.4 Å². The number of hydrogen-bond donors (Lipinski definition) is 0. The van der Waals surface area contributed by atoms with Crippen LogP contribution in [0.3, 0.4) is 0 Å². The molecule has 0 unspecified atom stereocenters. The molecule has 8 heteroatoms. The summed E-state index contributed by atoms with van der Waals surface area (Å²) < 4.78 is 0. The highest BCUT2D eigenvalue weighted by molar-refractivity contribution is 5.81. The number of nitrogens with zero attached hydrogens (tertiary/aromatic N) is 8. The maximum Gasteiger partial charge on any atom is 0.0887 e. The second-order valence-corrected chi connectivity index (χ2v) is 9.16. The van der Waals surface area contributed by atoms with Crippen molar-refractivity contribution in [2.75, 3.05) is 18.0 Å². The standard InChI is InChI=1S/C32H30N8/c1-4-40(5-2)30-17-14-27(15-18-30)35-37-28-16-19-31(23(3)21-28)39-36-26-12-10-25(11-13-26)34-38-29-9-8-24-7-6-20-33-32(24)22-29/h6-22H,4-5H2,1-3H3. The first-order chi connectivity index (χ1) is 19.6. The van der Waals surface area contributed by atoms with Gasteiger partial charge in [-0.25, -0.2) is 0 Å². The summed E-state index contributed by atoms with van der Waals surface area (Å²) in [5.41, 5.74) is 7.61. The van der Waals surface area contributed by atoms with Crippen molar-refractivity contribution in [1.29, 1.82) is 0 Å². The van der Waals surface area contributed by atoms with E-state index in [4.69, 9.17) is 0 Å². The lowest BCUT2D eigenvalue weighted by molar-refractivity contribution is 0.866. The van der Waals surface area contributed by atoms with Crippen LogP contribution in [0.25, 0.3) is 10.9 Å². The zero-order valence-corrected chi connectivity index (χ0v) is 22.8. The molecule has 0 atom stereocenters. The molecule has 0 fully saturated rings. The first kappa shape index (κ1) is 26.5. The Morgan fingerprint density at radius 2 is 1.10 bits per heavy atom. The lowest BCUT2D eigenvalue weighted by Gasteiger charge is -2.20. The van der Waals surface area contributed by atoms with E-state index >= 15 is 0 Å². The number of aryl methyl sites for hydroxylation is 1. The maximum absolute atomic E-state index is 4.42. The van der Waals surface area contributed by atoms with Crippen molar-refractivity contribution in [3.05, 3.63) is 109 Å². The van der Waals surface area contributed by atoms with Crippen molar-refractivity contribution in [3.8, 4) is 0 Å². The third-order valence-corrected chi connectivity index (χ3v) is 6.43. The van der Waals surface area contributed by atoms with Gasteiger partial charge in [0.2, 0.25) is 0 Å². The van der Waals surface area contributed by atoms with Gasteiger partial charge in [0.05, 0.1) is 39.6 Å². The summed E-state index contributed by atoms with van der Waals surface area (Å²) in [6.07, 6.45) is 1.77. The van der Waals surface area contributed by atoms with Gasteiger partial charge in [0.1, 0.15) is 0 Å². The molecule has 0 aliphatic rings. The molecule has 1 aromatic heterocycles. The van der Waals surface area contributed by atoms with Gasteiger partial charge < -0.3 is 4.90 Å². The molecule has 5 rings (SSSR count). The van der Waals surface area contributed by atoms with Gasteiger partial charge in [0.25, 0.3) is 0 Å². The van der Waals surface area contributed by atoms with E-state index in [0.717, 1.165) is 63.7 Å². The van der Waals surface area contributed by atoms with Gasteiger partial charge in [-0.3, -0.25) is 4.98 Å². The molecule has 198 valence electrons. The number of azo groups is 3. The van der Waals surface area contributed by atoms with E-state index in [1.807, 2.05) is 91.9 Å². The van der Waals surface area contributed by atoms with Crippen LogP contribution >= 0.6 is 0 Å². The summed E-state index contributed by atoms with van der Waals surface area (Å²) in [6.45, 7) is 8.24. The fraction of sp³-hybridized carbons (Fsp3) is 0.156. The minimum Gasteiger partial charge on any atom is -0.372 e. The molecule has 5 aromatic rings. The maximum atomic E-state index is 4.42. The van der Waals surface area contributed by atoms with Crippen molar-refractivity contribution >= 4 is 50.7 Å². The van der Waals surface area contributed by atoms with E-state index in [-0.39, 0.29) is 0 Å². The van der Waals surface area contributed by atoms with Crippen LogP contribution in [-0.4, -0.2) is 18.1 Å². The molecule has 0 bridgehead atoms. The van der Waals surface area contributed by atoms with Crippen molar-refractivity contribution in [2.45, 2.75) is 20.8 Å². The minimum atomic E-state index is 0.727. The number of hydrogen-bond acceptors (Lipinski definition) is 8. The smallest absolute Gasteiger partial charge is 0.0887 e. The van der Waals surface area contributed by atoms with E-state index < -0.39 is 0 Å². The molecule has 0 aliphatic heterocycles. The highest BCUT2D eigenvalue weighted by Crippen LogP contribution is 2.29. The molecular weight excluding hydrogens is 496 g/mol. The van der Waals surface area contributed by atoms with Gasteiger partial charge in [0.15, 0.2) is 0 Å². The first-order valence-electron chi connectivity index (χ1n) is 13.3. The topological polar surface area (TPSA) is 90.3 Å². The van der Waals surface area contributed by atoms with Crippen molar-refractivity contribution in [1.82, 2.24) is 4.98 Å². The summed E-state index contributed by atoms with van der Waals surface area (Å²) in [6, 6.07) is 31.1. The second kappa shape index (κ2) is 12.6. The molecule has 1 heterocycles. The lowest BCUT2D eigenvalue weighted by Crippen LogP contribution is -2.21. The molecule has 0 aliphatic carbocycles. The molecular formula is C32H30N8. The number of pyridine rings is 1. The van der Waals surface area contributed by atoms with Gasteiger partial charge in [-0.05, 0) is 111 Å². The third-order valence-electron chi connectivity index (χ3n) is 6.43. The number of anilines is 1. The highest BCUT2D eigenvalue weighted by atomic mass is 15.1. The highest BCUT2D eigenvalue weighted by Gasteiger charge is 2.03. The molecule has 0 radical (unpaired) electrons. The quantitative estimate of drug-likeness (QED) is 0.179. The van der Waals surface area contributed by atoms with Crippen LogP contribution in [0.1, 0.15) is 19.4 Å². The number of rotatable bonds is 9. The molecule has 4 aromatic carbocycles. The monoisotopic (exact) mass is 526 g/mol. The van der Waals surface area contributed by atoms with E-state index in [0.29, 0.717) is 0 Å². The lowest BCUT2D eigenvalue weighted by atomic mass is 10.2. The van der Waals surface area contributed by atoms with Crippen molar-refractivity contribution < 1.29 is 0 Å². The van der Waals surface area contributed by atoms with Gasteiger partial charge >= 0.3 is 0 Å². The number of benzene rings is 4. The van der Waals surface area contributed by atoms with Crippen LogP contribution in [0, 0.1) is 6.92 Å². The van der Waals surface area contributed by atoms with E-state index in [1.54, 1.807) is 6.20 Å². The average Bonchev–Trinajstić information content (AvgIpc) is 3.00. The fourth-order valence-corrected chi connectivity index (χ4v) is 4.18. The van der Waals surface area contributed by atoms with Crippen LogP contribution in [0.15, 0.2) is 134 Å². The summed E-state index contributed by atoms with van der Waals surface area (Å²) in [4.78, 5) is 6.66. The van der Waals surface area contributed by atoms with Crippen LogP contribution < -0.4 is 4.90 Å². The van der Waals surface area contributed by atoms with Crippen LogP contribution in [0.4, 0.5) is 39.8 Å². The summed E-state index contributed by atoms with van der Waals surface area (Å²) in [7, 11) is 0. The Bertz CT molecular complexity index is 1670. The fourth-order valence-electron chi connectivity index (χ4n) is 4.18. The van der Waals surface area contributed by atoms with E-state index in [2.05, 4.69) is 66.5 Å². The number of fused-ring (bicyclic) bond motifs is 1. The van der Waals surface area contributed by atoms with E-state index in [9.17, 15) is 0 Å². The Morgan fingerprint density at radius 3 is 1.73 bits per heavy atom. The van der Waals surface area contributed by atoms with Gasteiger partial charge in [-0.1, -0.05) is 12.1 Å². The predicted molar refractivity (Wildman–Crippen MR) is 162 cm³/mol. The Labute approximate surface area is 233 Å². The van der Waals surface area contributed by atoms with Crippen molar-refractivity contribution in [3.63, 3.8) is 0 Å². The molecule has 0 amide bonds. The zero-order chi connectivity index (χ0) is 27.7. The zero-order valence-electron chi connectivity index (χ0n) is 22.8. The summed E-state index contributed by atoms with van der Waals surface area (Å²) in [5, 5.41) is 27.3. The SMILES string of the molecule is CCN(CC)c1ccc(N=Nc2ccc(N=Nc3ccc(N=Nc4ccc5cccnc5c4)cc3)c(C)c2)cc1. The summed E-state index contributed by atoms with van der Waals surface area (Å²) >= 11 is 0. The van der Waals surface area contributed by atoms with E-state index in [1.165, 1.54) is 5.69 Å². The minimum absolute atomic E-state index is 0.727. The van der Waals surface area contributed by atoms with Gasteiger partial charge in [-0.15, -0.1) is 0 Å². The average molecular weight is 527 g/mol. The predicted octanol–water partition coefficient (Wildman–Crippen LogP) is 10.6. The Kier molecular flexibility index (Phi) is 8.36. The molecule has 8 nitrogen and oxygen atoms in total. The molecule has 0 N–H and O–H groups in total.